The van der Waals surface area contributed by atoms with Crippen LogP contribution in [0.5, 0.6) is 5.75 Å². The monoisotopic (exact) mass is 253 g/mol. The van der Waals surface area contributed by atoms with Gasteiger partial charge in [0, 0.05) is 18.2 Å². The highest BCUT2D eigenvalue weighted by Crippen LogP contribution is 2.28. The Morgan fingerprint density at radius 2 is 2.12 bits per heavy atom. The van der Waals surface area contributed by atoms with Crippen LogP contribution in [-0.2, 0) is 0 Å². The second-order valence-electron chi connectivity index (χ2n) is 4.37. The van der Waals surface area contributed by atoms with Crippen LogP contribution in [0.25, 0.3) is 6.08 Å². The summed E-state index contributed by atoms with van der Waals surface area (Å²) in [6.45, 7) is 3.22. The van der Waals surface area contributed by atoms with Gasteiger partial charge in [0.2, 0.25) is 0 Å². The summed E-state index contributed by atoms with van der Waals surface area (Å²) in [4.78, 5) is 0. The first-order valence-corrected chi connectivity index (χ1v) is 5.84. The standard InChI is InChI=1S/C14H19NO.ClH/c1-11-10-13(11)15-9-5-7-12-6-3-4-8-14(12)16-2;/h3-8,11,13,15H,9-10H2,1-2H3;1H/b7-5+;. The Morgan fingerprint density at radius 3 is 2.76 bits per heavy atom. The van der Waals surface area contributed by atoms with E-state index in [0.717, 1.165) is 29.8 Å². The van der Waals surface area contributed by atoms with Crippen molar-refractivity contribution in [3.63, 3.8) is 0 Å². The minimum absolute atomic E-state index is 0. The van der Waals surface area contributed by atoms with Crippen molar-refractivity contribution in [2.24, 2.45) is 5.92 Å². The molecule has 1 aromatic rings. The summed E-state index contributed by atoms with van der Waals surface area (Å²) in [5.41, 5.74) is 1.13. The average molecular weight is 254 g/mol. The smallest absolute Gasteiger partial charge is 0.126 e. The lowest BCUT2D eigenvalue weighted by atomic mass is 10.2. The van der Waals surface area contributed by atoms with Gasteiger partial charge in [-0.05, 0) is 18.4 Å². The molecule has 2 rings (SSSR count). The summed E-state index contributed by atoms with van der Waals surface area (Å²) in [7, 11) is 1.71. The van der Waals surface area contributed by atoms with Crippen molar-refractivity contribution in [2.45, 2.75) is 19.4 Å². The Kier molecular flexibility index (Phi) is 5.52. The van der Waals surface area contributed by atoms with E-state index in [1.54, 1.807) is 7.11 Å². The molecule has 0 saturated heterocycles. The zero-order valence-electron chi connectivity index (χ0n) is 10.3. The number of methoxy groups -OCH3 is 1. The first-order valence-electron chi connectivity index (χ1n) is 5.84. The van der Waals surface area contributed by atoms with Crippen molar-refractivity contribution in [2.75, 3.05) is 13.7 Å². The second-order valence-corrected chi connectivity index (χ2v) is 4.37. The van der Waals surface area contributed by atoms with Gasteiger partial charge in [-0.1, -0.05) is 37.3 Å². The number of hydrogen-bond acceptors (Lipinski definition) is 2. The lowest BCUT2D eigenvalue weighted by molar-refractivity contribution is 0.414. The molecule has 2 nitrogen and oxygen atoms in total. The Hall–Kier alpha value is -0.990. The van der Waals surface area contributed by atoms with E-state index in [9.17, 15) is 0 Å². The molecule has 1 aliphatic carbocycles. The molecule has 0 spiro atoms. The lowest BCUT2D eigenvalue weighted by Gasteiger charge is -2.03. The zero-order valence-corrected chi connectivity index (χ0v) is 11.2. The summed E-state index contributed by atoms with van der Waals surface area (Å²) in [6, 6.07) is 8.80. The van der Waals surface area contributed by atoms with E-state index < -0.39 is 0 Å². The zero-order chi connectivity index (χ0) is 11.4. The molecule has 1 saturated carbocycles. The number of hydrogen-bond donors (Lipinski definition) is 1. The Morgan fingerprint density at radius 1 is 1.41 bits per heavy atom. The SMILES string of the molecule is COc1ccccc1/C=C/CNC1CC1C.Cl. The molecule has 0 aromatic heterocycles. The van der Waals surface area contributed by atoms with Gasteiger partial charge < -0.3 is 10.1 Å². The lowest BCUT2D eigenvalue weighted by Crippen LogP contribution is -2.17. The number of benzene rings is 1. The Balaban J connectivity index is 0.00000144. The van der Waals surface area contributed by atoms with Gasteiger partial charge in [0.1, 0.15) is 5.75 Å². The van der Waals surface area contributed by atoms with Gasteiger partial charge in [-0.3, -0.25) is 0 Å². The van der Waals surface area contributed by atoms with Crippen molar-refractivity contribution >= 4 is 18.5 Å². The molecule has 17 heavy (non-hydrogen) atoms. The summed E-state index contributed by atoms with van der Waals surface area (Å²) in [5.74, 6) is 1.79. The predicted molar refractivity (Wildman–Crippen MR) is 74.8 cm³/mol. The molecule has 94 valence electrons. The van der Waals surface area contributed by atoms with Crippen LogP contribution in [0.2, 0.25) is 0 Å². The van der Waals surface area contributed by atoms with Gasteiger partial charge in [0.25, 0.3) is 0 Å². The van der Waals surface area contributed by atoms with Gasteiger partial charge in [0.15, 0.2) is 0 Å². The number of nitrogens with one attached hydrogen (secondary N) is 1. The fourth-order valence-corrected chi connectivity index (χ4v) is 1.82. The average Bonchev–Trinajstić information content (AvgIpc) is 3.01. The highest BCUT2D eigenvalue weighted by atomic mass is 35.5. The van der Waals surface area contributed by atoms with Gasteiger partial charge >= 0.3 is 0 Å². The van der Waals surface area contributed by atoms with E-state index in [4.69, 9.17) is 4.74 Å². The maximum Gasteiger partial charge on any atom is 0.126 e. The molecule has 3 heteroatoms. The third-order valence-corrected chi connectivity index (χ3v) is 3.04. The van der Waals surface area contributed by atoms with Gasteiger partial charge in [-0.15, -0.1) is 12.4 Å². The quantitative estimate of drug-likeness (QED) is 0.871. The minimum atomic E-state index is 0. The molecule has 0 radical (unpaired) electrons. The van der Waals surface area contributed by atoms with E-state index in [1.165, 1.54) is 6.42 Å². The third-order valence-electron chi connectivity index (χ3n) is 3.04. The third kappa shape index (κ3) is 4.06. The van der Waals surface area contributed by atoms with Gasteiger partial charge in [0.05, 0.1) is 7.11 Å². The van der Waals surface area contributed by atoms with Crippen molar-refractivity contribution < 1.29 is 4.74 Å². The maximum absolute atomic E-state index is 5.28. The summed E-state index contributed by atoms with van der Waals surface area (Å²) < 4.78 is 5.28. The largest absolute Gasteiger partial charge is 0.496 e. The normalized spacial score (nSPS) is 22.2. The van der Waals surface area contributed by atoms with Crippen molar-refractivity contribution in [3.8, 4) is 5.75 Å². The molecule has 2 atom stereocenters. The maximum atomic E-state index is 5.28. The number of para-hydroxylation sites is 1. The van der Waals surface area contributed by atoms with E-state index in [0.29, 0.717) is 0 Å². The molecule has 1 N–H and O–H groups in total. The van der Waals surface area contributed by atoms with Crippen molar-refractivity contribution in [3.05, 3.63) is 35.9 Å². The summed E-state index contributed by atoms with van der Waals surface area (Å²) in [5, 5.41) is 3.49. The minimum Gasteiger partial charge on any atom is -0.496 e. The van der Waals surface area contributed by atoms with Crippen LogP contribution in [0.15, 0.2) is 30.3 Å². The van der Waals surface area contributed by atoms with E-state index in [1.807, 2.05) is 18.2 Å². The Labute approximate surface area is 109 Å². The molecule has 0 heterocycles. The van der Waals surface area contributed by atoms with E-state index >= 15 is 0 Å². The van der Waals surface area contributed by atoms with Crippen LogP contribution in [0.4, 0.5) is 0 Å². The second kappa shape index (κ2) is 6.67. The molecular weight excluding hydrogens is 234 g/mol. The van der Waals surface area contributed by atoms with Crippen LogP contribution >= 0.6 is 12.4 Å². The van der Waals surface area contributed by atoms with Gasteiger partial charge in [-0.2, -0.15) is 0 Å². The predicted octanol–water partition coefficient (Wildman–Crippen LogP) is 3.13. The van der Waals surface area contributed by atoms with Crippen molar-refractivity contribution in [1.29, 1.82) is 0 Å². The van der Waals surface area contributed by atoms with E-state index in [-0.39, 0.29) is 12.4 Å². The first-order chi connectivity index (χ1) is 7.81. The molecule has 1 fully saturated rings. The highest BCUT2D eigenvalue weighted by molar-refractivity contribution is 5.85. The molecule has 1 aromatic carbocycles. The summed E-state index contributed by atoms with van der Waals surface area (Å²) in [6.07, 6.45) is 5.59. The fourth-order valence-electron chi connectivity index (χ4n) is 1.82. The molecule has 0 amide bonds. The molecular formula is C14H20ClNO. The molecule has 0 aliphatic heterocycles. The topological polar surface area (TPSA) is 21.3 Å². The Bertz CT molecular complexity index is 378. The van der Waals surface area contributed by atoms with Crippen LogP contribution in [0.3, 0.4) is 0 Å². The van der Waals surface area contributed by atoms with Crippen LogP contribution in [0, 0.1) is 5.92 Å². The van der Waals surface area contributed by atoms with Crippen LogP contribution in [-0.4, -0.2) is 19.7 Å². The highest BCUT2D eigenvalue weighted by Gasteiger charge is 2.31. The number of halogens is 1. The van der Waals surface area contributed by atoms with Crippen molar-refractivity contribution in [1.82, 2.24) is 5.32 Å². The van der Waals surface area contributed by atoms with E-state index in [2.05, 4.69) is 30.5 Å². The molecule has 2 unspecified atom stereocenters. The number of ether oxygens (including phenoxy) is 1. The first kappa shape index (κ1) is 14.1. The van der Waals surface area contributed by atoms with Crippen LogP contribution < -0.4 is 10.1 Å². The number of rotatable bonds is 5. The summed E-state index contributed by atoms with van der Waals surface area (Å²) >= 11 is 0. The molecule has 1 aliphatic rings. The van der Waals surface area contributed by atoms with Crippen LogP contribution in [0.1, 0.15) is 18.9 Å². The van der Waals surface area contributed by atoms with Gasteiger partial charge in [-0.25, -0.2) is 0 Å². The molecule has 0 bridgehead atoms. The fraction of sp³-hybridized carbons (Fsp3) is 0.429.